The van der Waals surface area contributed by atoms with Gasteiger partial charge in [0.15, 0.2) is 11.2 Å². The number of hydrogen-bond donors (Lipinski definition) is 1. The van der Waals surface area contributed by atoms with Gasteiger partial charge in [0.05, 0.1) is 15.5 Å². The molecule has 3 heterocycles. The van der Waals surface area contributed by atoms with E-state index < -0.39 is 11.2 Å². The second kappa shape index (κ2) is 6.25. The average Bonchev–Trinajstić information content (AvgIpc) is 3.17. The number of thiophene rings is 1. The van der Waals surface area contributed by atoms with Gasteiger partial charge in [-0.2, -0.15) is 0 Å². The molecule has 0 aromatic carbocycles. The SMILES string of the molecule is Cn1c(=O)c2c(ncn2CCNC(=O)c2ccc(Cl)s2)n(C)c1=O. The molecule has 10 heteroatoms. The molecule has 0 fully saturated rings. The van der Waals surface area contributed by atoms with Crippen molar-refractivity contribution in [3.8, 4) is 0 Å². The van der Waals surface area contributed by atoms with Gasteiger partial charge in [-0.05, 0) is 12.1 Å². The Morgan fingerprint density at radius 1 is 1.29 bits per heavy atom. The van der Waals surface area contributed by atoms with Crippen LogP contribution in [0.3, 0.4) is 0 Å². The first kappa shape index (κ1) is 16.5. The van der Waals surface area contributed by atoms with Crippen molar-refractivity contribution >= 4 is 40.0 Å². The van der Waals surface area contributed by atoms with E-state index in [0.29, 0.717) is 33.5 Å². The van der Waals surface area contributed by atoms with Crippen LogP contribution in [0.15, 0.2) is 28.0 Å². The lowest BCUT2D eigenvalue weighted by molar-refractivity contribution is 0.0956. The molecule has 1 N–H and O–H groups in total. The van der Waals surface area contributed by atoms with Crippen molar-refractivity contribution < 1.29 is 4.79 Å². The quantitative estimate of drug-likeness (QED) is 0.730. The molecule has 0 saturated carbocycles. The predicted octanol–water partition coefficient (Wildman–Crippen LogP) is 0.579. The number of rotatable bonds is 4. The Morgan fingerprint density at radius 2 is 2.04 bits per heavy atom. The molecule has 0 aliphatic heterocycles. The van der Waals surface area contributed by atoms with Crippen LogP contribution in [0.2, 0.25) is 4.34 Å². The maximum Gasteiger partial charge on any atom is 0.332 e. The van der Waals surface area contributed by atoms with Crippen molar-refractivity contribution in [3.63, 3.8) is 0 Å². The van der Waals surface area contributed by atoms with Gasteiger partial charge in [0.2, 0.25) is 0 Å². The highest BCUT2D eigenvalue weighted by Gasteiger charge is 2.14. The normalized spacial score (nSPS) is 11.1. The van der Waals surface area contributed by atoms with E-state index in [1.54, 1.807) is 23.7 Å². The Kier molecular flexibility index (Phi) is 4.29. The summed E-state index contributed by atoms with van der Waals surface area (Å²) in [7, 11) is 2.98. The van der Waals surface area contributed by atoms with Gasteiger partial charge >= 0.3 is 5.69 Å². The van der Waals surface area contributed by atoms with E-state index in [-0.39, 0.29) is 5.91 Å². The van der Waals surface area contributed by atoms with Crippen molar-refractivity contribution in [2.24, 2.45) is 14.1 Å². The molecular formula is C14H14ClN5O3S. The first-order chi connectivity index (χ1) is 11.4. The molecule has 3 aromatic heterocycles. The van der Waals surface area contributed by atoms with Crippen LogP contribution >= 0.6 is 22.9 Å². The first-order valence-corrected chi connectivity index (χ1v) is 8.24. The maximum atomic E-state index is 12.3. The van der Waals surface area contributed by atoms with Crippen molar-refractivity contribution in [1.82, 2.24) is 24.0 Å². The van der Waals surface area contributed by atoms with Gasteiger partial charge in [0.1, 0.15) is 0 Å². The zero-order valence-electron chi connectivity index (χ0n) is 12.9. The lowest BCUT2D eigenvalue weighted by Crippen LogP contribution is -2.37. The van der Waals surface area contributed by atoms with Crippen molar-refractivity contribution in [3.05, 3.63) is 48.5 Å². The number of carbonyl (C=O) groups excluding carboxylic acids is 1. The van der Waals surface area contributed by atoms with Crippen LogP contribution in [0.1, 0.15) is 9.67 Å². The summed E-state index contributed by atoms with van der Waals surface area (Å²) in [4.78, 5) is 40.8. The fourth-order valence-electron chi connectivity index (χ4n) is 2.38. The Balaban J connectivity index is 1.80. The van der Waals surface area contributed by atoms with Gasteiger partial charge in [-0.3, -0.25) is 18.7 Å². The highest BCUT2D eigenvalue weighted by molar-refractivity contribution is 7.17. The van der Waals surface area contributed by atoms with E-state index in [1.807, 2.05) is 0 Å². The van der Waals surface area contributed by atoms with Crippen LogP contribution in [0.4, 0.5) is 0 Å². The maximum absolute atomic E-state index is 12.3. The molecule has 0 aliphatic carbocycles. The van der Waals surface area contributed by atoms with Crippen LogP contribution in [0, 0.1) is 0 Å². The number of carbonyl (C=O) groups is 1. The van der Waals surface area contributed by atoms with E-state index >= 15 is 0 Å². The second-order valence-corrected chi connectivity index (χ2v) is 6.89. The van der Waals surface area contributed by atoms with Gasteiger partial charge < -0.3 is 9.88 Å². The molecule has 0 bridgehead atoms. The topological polar surface area (TPSA) is 90.9 Å². The summed E-state index contributed by atoms with van der Waals surface area (Å²) in [5, 5.41) is 2.76. The van der Waals surface area contributed by atoms with Gasteiger partial charge in [0, 0.05) is 27.2 Å². The minimum atomic E-state index is -0.430. The summed E-state index contributed by atoms with van der Waals surface area (Å²) in [6.07, 6.45) is 1.49. The number of aryl methyl sites for hydroxylation is 1. The van der Waals surface area contributed by atoms with Crippen molar-refractivity contribution in [1.29, 1.82) is 0 Å². The molecule has 0 radical (unpaired) electrons. The summed E-state index contributed by atoms with van der Waals surface area (Å²) in [5.74, 6) is -0.225. The molecule has 3 rings (SSSR count). The van der Waals surface area contributed by atoms with Crippen LogP contribution in [-0.2, 0) is 20.6 Å². The van der Waals surface area contributed by atoms with Gasteiger partial charge in [-0.1, -0.05) is 11.6 Å². The van der Waals surface area contributed by atoms with Crippen LogP contribution in [-0.4, -0.2) is 31.1 Å². The summed E-state index contributed by atoms with van der Waals surface area (Å²) >= 11 is 7.00. The molecule has 0 unspecified atom stereocenters. The number of nitrogens with zero attached hydrogens (tertiary/aromatic N) is 4. The molecule has 1 amide bonds. The number of amides is 1. The third kappa shape index (κ3) is 2.76. The molecule has 0 saturated heterocycles. The predicted molar refractivity (Wildman–Crippen MR) is 91.9 cm³/mol. The number of fused-ring (bicyclic) bond motifs is 1. The smallest absolute Gasteiger partial charge is 0.332 e. The highest BCUT2D eigenvalue weighted by Crippen LogP contribution is 2.21. The van der Waals surface area contributed by atoms with Crippen LogP contribution in [0.25, 0.3) is 11.2 Å². The Morgan fingerprint density at radius 3 is 2.71 bits per heavy atom. The number of hydrogen-bond acceptors (Lipinski definition) is 5. The molecular weight excluding hydrogens is 354 g/mol. The fraction of sp³-hybridized carbons (Fsp3) is 0.286. The Bertz CT molecular complexity index is 1050. The molecule has 0 spiro atoms. The number of imidazole rings is 1. The molecule has 126 valence electrons. The fourth-order valence-corrected chi connectivity index (χ4v) is 3.34. The van der Waals surface area contributed by atoms with Crippen LogP contribution in [0.5, 0.6) is 0 Å². The second-order valence-electron chi connectivity index (χ2n) is 5.18. The summed E-state index contributed by atoms with van der Waals surface area (Å²) in [6, 6.07) is 3.31. The van der Waals surface area contributed by atoms with Crippen molar-refractivity contribution in [2.75, 3.05) is 6.54 Å². The minimum Gasteiger partial charge on any atom is -0.350 e. The highest BCUT2D eigenvalue weighted by atomic mass is 35.5. The van der Waals surface area contributed by atoms with E-state index in [1.165, 1.54) is 29.3 Å². The monoisotopic (exact) mass is 367 g/mol. The summed E-state index contributed by atoms with van der Waals surface area (Å²) in [5.41, 5.74) is -0.199. The zero-order valence-corrected chi connectivity index (χ0v) is 14.5. The van der Waals surface area contributed by atoms with Crippen molar-refractivity contribution in [2.45, 2.75) is 6.54 Å². The minimum absolute atomic E-state index is 0.225. The average molecular weight is 368 g/mol. The van der Waals surface area contributed by atoms with E-state index in [2.05, 4.69) is 10.3 Å². The standard InChI is InChI=1S/C14H14ClN5O3S/c1-18-11-10(13(22)19(2)14(18)23)20(7-17-11)6-5-16-12(21)8-3-4-9(15)24-8/h3-4,7H,5-6H2,1-2H3,(H,16,21). The largest absolute Gasteiger partial charge is 0.350 e. The first-order valence-electron chi connectivity index (χ1n) is 7.04. The van der Waals surface area contributed by atoms with Gasteiger partial charge in [-0.15, -0.1) is 11.3 Å². The van der Waals surface area contributed by atoms with E-state index in [4.69, 9.17) is 11.6 Å². The van der Waals surface area contributed by atoms with Gasteiger partial charge in [-0.25, -0.2) is 9.78 Å². The molecule has 8 nitrogen and oxygen atoms in total. The number of nitrogens with one attached hydrogen (secondary N) is 1. The van der Waals surface area contributed by atoms with E-state index in [9.17, 15) is 14.4 Å². The molecule has 0 atom stereocenters. The zero-order chi connectivity index (χ0) is 17.4. The summed E-state index contributed by atoms with van der Waals surface area (Å²) in [6.45, 7) is 0.667. The number of halogens is 1. The Labute approximate surface area is 144 Å². The molecule has 24 heavy (non-hydrogen) atoms. The third-order valence-corrected chi connectivity index (χ3v) is 4.88. The van der Waals surface area contributed by atoms with E-state index in [0.717, 1.165) is 4.57 Å². The molecule has 3 aromatic rings. The van der Waals surface area contributed by atoms with Crippen LogP contribution < -0.4 is 16.6 Å². The number of aromatic nitrogens is 4. The molecule has 0 aliphatic rings. The lowest BCUT2D eigenvalue weighted by Gasteiger charge is -2.07. The Hall–Kier alpha value is -2.39. The third-order valence-electron chi connectivity index (χ3n) is 3.65. The van der Waals surface area contributed by atoms with Gasteiger partial charge in [0.25, 0.3) is 11.5 Å². The summed E-state index contributed by atoms with van der Waals surface area (Å²) < 4.78 is 4.52. The lowest BCUT2D eigenvalue weighted by atomic mass is 10.4.